The van der Waals surface area contributed by atoms with Crippen molar-refractivity contribution in [1.82, 2.24) is 10.2 Å². The van der Waals surface area contributed by atoms with E-state index >= 15 is 0 Å². The van der Waals surface area contributed by atoms with Crippen molar-refractivity contribution in [2.75, 3.05) is 11.1 Å². The molecule has 2 aromatic carbocycles. The van der Waals surface area contributed by atoms with Gasteiger partial charge in [0.15, 0.2) is 0 Å². The van der Waals surface area contributed by atoms with E-state index in [4.69, 9.17) is 27.6 Å². The molecular weight excluding hydrogens is 381 g/mol. The van der Waals surface area contributed by atoms with Gasteiger partial charge in [0.05, 0.1) is 0 Å². The highest BCUT2D eigenvalue weighted by molar-refractivity contribution is 7.99. The van der Waals surface area contributed by atoms with Crippen LogP contribution in [-0.2, 0) is 4.79 Å². The second-order valence-electron chi connectivity index (χ2n) is 5.03. The molecule has 0 saturated heterocycles. The highest BCUT2D eigenvalue weighted by Gasteiger charge is 2.10. The van der Waals surface area contributed by atoms with E-state index in [2.05, 4.69) is 15.5 Å². The van der Waals surface area contributed by atoms with Crippen molar-refractivity contribution in [3.05, 3.63) is 58.6 Å². The van der Waals surface area contributed by atoms with Crippen molar-refractivity contribution in [2.45, 2.75) is 11.6 Å². The van der Waals surface area contributed by atoms with Gasteiger partial charge in [0.1, 0.15) is 0 Å². The van der Waals surface area contributed by atoms with Crippen LogP contribution < -0.4 is 5.32 Å². The molecule has 0 radical (unpaired) electrons. The molecule has 25 heavy (non-hydrogen) atoms. The van der Waals surface area contributed by atoms with Gasteiger partial charge in [-0.1, -0.05) is 35.0 Å². The lowest BCUT2D eigenvalue weighted by molar-refractivity contribution is -0.115. The van der Waals surface area contributed by atoms with Crippen LogP contribution in [0.1, 0.15) is 6.42 Å². The van der Waals surface area contributed by atoms with Crippen molar-refractivity contribution in [3.63, 3.8) is 0 Å². The number of hydrogen-bond acceptors (Lipinski definition) is 5. The third-order valence-corrected chi connectivity index (χ3v) is 4.50. The number of carbonyl (C=O) groups is 1. The maximum atomic E-state index is 11.9. The van der Waals surface area contributed by atoms with Crippen LogP contribution in [0.3, 0.4) is 0 Å². The Bertz CT molecular complexity index is 851. The zero-order valence-corrected chi connectivity index (χ0v) is 15.2. The summed E-state index contributed by atoms with van der Waals surface area (Å²) in [6.07, 6.45) is 0.325. The maximum Gasteiger partial charge on any atom is 0.276 e. The van der Waals surface area contributed by atoms with Gasteiger partial charge >= 0.3 is 0 Å². The van der Waals surface area contributed by atoms with E-state index in [0.29, 0.717) is 39.0 Å². The smallest absolute Gasteiger partial charge is 0.276 e. The van der Waals surface area contributed by atoms with Gasteiger partial charge in [-0.05, 0) is 48.5 Å². The molecule has 3 rings (SSSR count). The van der Waals surface area contributed by atoms with Gasteiger partial charge in [-0.3, -0.25) is 4.79 Å². The number of benzene rings is 2. The standard InChI is InChI=1S/C17H13Cl2N3O2S/c18-12-3-1-11(2-4-12)16-21-22-17(24-16)25-10-9-15(23)20-14-7-5-13(19)6-8-14/h1-8H,9-10H2,(H,20,23). The summed E-state index contributed by atoms with van der Waals surface area (Å²) < 4.78 is 5.57. The molecule has 0 aliphatic heterocycles. The van der Waals surface area contributed by atoms with Crippen molar-refractivity contribution in [1.29, 1.82) is 0 Å². The lowest BCUT2D eigenvalue weighted by Crippen LogP contribution is -2.11. The second-order valence-corrected chi connectivity index (χ2v) is 6.95. The Balaban J connectivity index is 1.48. The molecule has 1 N–H and O–H groups in total. The van der Waals surface area contributed by atoms with Gasteiger partial charge in [-0.15, -0.1) is 10.2 Å². The SMILES string of the molecule is O=C(CCSc1nnc(-c2ccc(Cl)cc2)o1)Nc1ccc(Cl)cc1. The quantitative estimate of drug-likeness (QED) is 0.585. The van der Waals surface area contributed by atoms with E-state index in [-0.39, 0.29) is 5.91 Å². The third-order valence-electron chi connectivity index (χ3n) is 3.18. The fourth-order valence-corrected chi connectivity index (χ4v) is 2.92. The second kappa shape index (κ2) is 8.38. The molecule has 5 nitrogen and oxygen atoms in total. The fraction of sp³-hybridized carbons (Fsp3) is 0.118. The summed E-state index contributed by atoms with van der Waals surface area (Å²) in [6, 6.07) is 14.1. The average molecular weight is 394 g/mol. The molecule has 0 aliphatic carbocycles. The molecule has 3 aromatic rings. The zero-order valence-electron chi connectivity index (χ0n) is 12.9. The Morgan fingerprint density at radius 3 is 2.32 bits per heavy atom. The molecule has 0 aliphatic rings. The first-order chi connectivity index (χ1) is 12.1. The summed E-state index contributed by atoms with van der Waals surface area (Å²) in [5.74, 6) is 0.860. The average Bonchev–Trinajstić information content (AvgIpc) is 3.06. The van der Waals surface area contributed by atoms with Crippen molar-refractivity contribution >= 4 is 46.6 Å². The number of nitrogens with zero attached hydrogens (tertiary/aromatic N) is 2. The number of nitrogens with one attached hydrogen (secondary N) is 1. The molecule has 0 bridgehead atoms. The van der Waals surface area contributed by atoms with E-state index in [0.717, 1.165) is 5.56 Å². The molecule has 1 heterocycles. The Labute approximate surface area is 158 Å². The van der Waals surface area contributed by atoms with Gasteiger partial charge in [-0.2, -0.15) is 0 Å². The van der Waals surface area contributed by atoms with Crippen molar-refractivity contribution in [2.24, 2.45) is 0 Å². The molecule has 0 spiro atoms. The van der Waals surface area contributed by atoms with E-state index in [1.807, 2.05) is 12.1 Å². The monoisotopic (exact) mass is 393 g/mol. The lowest BCUT2D eigenvalue weighted by atomic mass is 10.2. The fourth-order valence-electron chi connectivity index (χ4n) is 1.96. The summed E-state index contributed by atoms with van der Waals surface area (Å²) >= 11 is 13.0. The Kier molecular flexibility index (Phi) is 5.96. The van der Waals surface area contributed by atoms with Crippen LogP contribution in [0, 0.1) is 0 Å². The molecule has 1 amide bonds. The minimum atomic E-state index is -0.0905. The van der Waals surface area contributed by atoms with E-state index in [1.54, 1.807) is 36.4 Å². The molecular formula is C17H13Cl2N3O2S. The Morgan fingerprint density at radius 1 is 1.00 bits per heavy atom. The number of aromatic nitrogens is 2. The minimum absolute atomic E-state index is 0.0905. The van der Waals surface area contributed by atoms with Crippen LogP contribution in [0.4, 0.5) is 5.69 Å². The van der Waals surface area contributed by atoms with Gasteiger partial charge in [0.25, 0.3) is 5.22 Å². The number of amides is 1. The highest BCUT2D eigenvalue weighted by atomic mass is 35.5. The van der Waals surface area contributed by atoms with E-state index in [1.165, 1.54) is 11.8 Å². The predicted molar refractivity (Wildman–Crippen MR) is 100 cm³/mol. The molecule has 8 heteroatoms. The minimum Gasteiger partial charge on any atom is -0.411 e. The number of halogens is 2. The van der Waals surface area contributed by atoms with Crippen LogP contribution in [0.5, 0.6) is 0 Å². The summed E-state index contributed by atoms with van der Waals surface area (Å²) in [5.41, 5.74) is 1.51. The molecule has 0 saturated carbocycles. The Morgan fingerprint density at radius 2 is 1.64 bits per heavy atom. The lowest BCUT2D eigenvalue weighted by Gasteiger charge is -2.04. The van der Waals surface area contributed by atoms with Crippen LogP contribution in [0.2, 0.25) is 10.0 Å². The van der Waals surface area contributed by atoms with Gasteiger partial charge in [0.2, 0.25) is 11.8 Å². The van der Waals surface area contributed by atoms with Crippen LogP contribution in [0.15, 0.2) is 58.2 Å². The van der Waals surface area contributed by atoms with E-state index < -0.39 is 0 Å². The third kappa shape index (κ3) is 5.22. The summed E-state index contributed by atoms with van der Waals surface area (Å²) in [7, 11) is 0. The zero-order chi connectivity index (χ0) is 17.6. The Hall–Kier alpha value is -2.02. The molecule has 1 aromatic heterocycles. The molecule has 0 atom stereocenters. The first-order valence-corrected chi connectivity index (χ1v) is 9.12. The predicted octanol–water partition coefficient (Wildman–Crippen LogP) is 5.16. The van der Waals surface area contributed by atoms with Gasteiger partial charge < -0.3 is 9.73 Å². The highest BCUT2D eigenvalue weighted by Crippen LogP contribution is 2.24. The summed E-state index contributed by atoms with van der Waals surface area (Å²) in [5, 5.41) is 12.5. The van der Waals surface area contributed by atoms with Crippen molar-refractivity contribution < 1.29 is 9.21 Å². The van der Waals surface area contributed by atoms with Crippen LogP contribution >= 0.6 is 35.0 Å². The summed E-state index contributed by atoms with van der Waals surface area (Å²) in [6.45, 7) is 0. The maximum absolute atomic E-state index is 11.9. The van der Waals surface area contributed by atoms with Crippen LogP contribution in [-0.4, -0.2) is 21.9 Å². The van der Waals surface area contributed by atoms with Crippen LogP contribution in [0.25, 0.3) is 11.5 Å². The molecule has 0 fully saturated rings. The first-order valence-electron chi connectivity index (χ1n) is 7.38. The topological polar surface area (TPSA) is 68.0 Å². The summed E-state index contributed by atoms with van der Waals surface area (Å²) in [4.78, 5) is 11.9. The number of anilines is 1. The van der Waals surface area contributed by atoms with Crippen molar-refractivity contribution in [3.8, 4) is 11.5 Å². The number of rotatable bonds is 6. The normalized spacial score (nSPS) is 10.6. The van der Waals surface area contributed by atoms with Gasteiger partial charge in [-0.25, -0.2) is 0 Å². The number of thioether (sulfide) groups is 1. The molecule has 0 unspecified atom stereocenters. The van der Waals surface area contributed by atoms with E-state index in [9.17, 15) is 4.79 Å². The first kappa shape index (κ1) is 17.8. The number of hydrogen-bond donors (Lipinski definition) is 1. The molecule has 128 valence electrons. The van der Waals surface area contributed by atoms with Gasteiger partial charge in [0, 0.05) is 33.5 Å². The number of carbonyl (C=O) groups excluding carboxylic acids is 1. The largest absolute Gasteiger partial charge is 0.411 e.